The molecule has 7 nitrogen and oxygen atoms in total. The molecular weight excluding hydrogens is 392 g/mol. The topological polar surface area (TPSA) is 91.7 Å². The van der Waals surface area contributed by atoms with Gasteiger partial charge in [-0.15, -0.1) is 0 Å². The summed E-state index contributed by atoms with van der Waals surface area (Å²) in [7, 11) is 2.14. The minimum atomic E-state index is -0.646. The number of carbonyl (C=O) groups is 2. The van der Waals surface area contributed by atoms with Gasteiger partial charge in [-0.3, -0.25) is 9.59 Å². The van der Waals surface area contributed by atoms with Crippen LogP contribution < -0.4 is 5.73 Å². The first kappa shape index (κ1) is 21.8. The summed E-state index contributed by atoms with van der Waals surface area (Å²) in [6, 6.07) is 6.09. The Morgan fingerprint density at radius 1 is 1.35 bits per heavy atom. The number of likely N-dealkylation sites (N-methyl/N-ethyl adjacent to an activating group) is 1. The predicted octanol–water partition coefficient (Wildman–Crippen LogP) is 2.26. The van der Waals surface area contributed by atoms with Crippen molar-refractivity contribution in [1.29, 1.82) is 0 Å². The molecule has 1 amide bonds. The van der Waals surface area contributed by atoms with Gasteiger partial charge in [-0.05, 0) is 63.8 Å². The molecule has 1 aliphatic carbocycles. The van der Waals surface area contributed by atoms with Gasteiger partial charge in [-0.25, -0.2) is 0 Å². The number of aromatic amines is 1. The van der Waals surface area contributed by atoms with Gasteiger partial charge in [0.05, 0.1) is 12.6 Å². The van der Waals surface area contributed by atoms with Gasteiger partial charge in [0, 0.05) is 41.6 Å². The molecule has 1 saturated heterocycles. The van der Waals surface area contributed by atoms with Gasteiger partial charge >= 0.3 is 5.97 Å². The van der Waals surface area contributed by atoms with E-state index >= 15 is 0 Å². The molecule has 4 rings (SSSR count). The Hall–Kier alpha value is -2.38. The van der Waals surface area contributed by atoms with Crippen LogP contribution in [0.15, 0.2) is 24.4 Å². The third-order valence-corrected chi connectivity index (χ3v) is 7.06. The van der Waals surface area contributed by atoms with E-state index in [1.165, 1.54) is 22.0 Å². The third kappa shape index (κ3) is 3.96. The zero-order valence-corrected chi connectivity index (χ0v) is 18.9. The van der Waals surface area contributed by atoms with Crippen molar-refractivity contribution in [3.05, 3.63) is 35.5 Å². The first-order valence-corrected chi connectivity index (χ1v) is 11.3. The summed E-state index contributed by atoms with van der Waals surface area (Å²) in [5, 5.41) is 1.34. The Morgan fingerprint density at radius 3 is 2.84 bits per heavy atom. The van der Waals surface area contributed by atoms with Crippen LogP contribution in [0, 0.1) is 5.92 Å². The summed E-state index contributed by atoms with van der Waals surface area (Å²) in [4.78, 5) is 32.7. The molecule has 0 saturated carbocycles. The molecule has 0 spiro atoms. The van der Waals surface area contributed by atoms with Crippen LogP contribution >= 0.6 is 0 Å². The Morgan fingerprint density at radius 2 is 2.13 bits per heavy atom. The van der Waals surface area contributed by atoms with Crippen LogP contribution in [0.25, 0.3) is 10.9 Å². The number of nitrogens with two attached hydrogens (primary N) is 1. The van der Waals surface area contributed by atoms with Crippen LogP contribution in [0.1, 0.15) is 44.2 Å². The highest BCUT2D eigenvalue weighted by Crippen LogP contribution is 2.44. The smallest absolute Gasteiger partial charge is 0.325 e. The first-order valence-electron chi connectivity index (χ1n) is 11.3. The summed E-state index contributed by atoms with van der Waals surface area (Å²) < 4.78 is 5.06. The monoisotopic (exact) mass is 426 g/mol. The molecule has 2 aliphatic rings. The largest absolute Gasteiger partial charge is 0.465 e. The Balaban J connectivity index is 1.56. The maximum absolute atomic E-state index is 13.3. The fourth-order valence-corrected chi connectivity index (χ4v) is 5.50. The van der Waals surface area contributed by atoms with Crippen LogP contribution in [0.2, 0.25) is 0 Å². The van der Waals surface area contributed by atoms with Crippen molar-refractivity contribution in [3.63, 3.8) is 0 Å². The lowest BCUT2D eigenvalue weighted by Crippen LogP contribution is -2.57. The molecule has 1 aromatic carbocycles. The fraction of sp³-hybridized carbons (Fsp3) is 0.583. The molecule has 3 N–H and O–H groups in total. The molecule has 7 heteroatoms. The van der Waals surface area contributed by atoms with Gasteiger partial charge in [0.25, 0.3) is 0 Å². The summed E-state index contributed by atoms with van der Waals surface area (Å²) in [5.74, 6) is -0.196. The molecule has 1 fully saturated rings. The van der Waals surface area contributed by atoms with E-state index in [1.807, 2.05) is 13.8 Å². The number of hydrogen-bond donors (Lipinski definition) is 2. The average molecular weight is 427 g/mol. The lowest BCUT2D eigenvalue weighted by Gasteiger charge is -2.47. The molecule has 2 heterocycles. The molecule has 1 aliphatic heterocycles. The Labute approximate surface area is 183 Å². The number of amides is 1. The van der Waals surface area contributed by atoms with Gasteiger partial charge in [-0.1, -0.05) is 12.1 Å². The molecule has 2 aromatic rings. The maximum Gasteiger partial charge on any atom is 0.325 e. The zero-order chi connectivity index (χ0) is 22.3. The highest BCUT2D eigenvalue weighted by atomic mass is 16.5. The number of likely N-dealkylation sites (tertiary alicyclic amines) is 1. The second kappa shape index (κ2) is 8.63. The summed E-state index contributed by atoms with van der Waals surface area (Å²) >= 11 is 0. The Bertz CT molecular complexity index is 969. The number of benzene rings is 1. The van der Waals surface area contributed by atoms with E-state index in [1.54, 1.807) is 11.8 Å². The van der Waals surface area contributed by atoms with Crippen molar-refractivity contribution in [1.82, 2.24) is 14.8 Å². The lowest BCUT2D eigenvalue weighted by atomic mass is 9.71. The minimum Gasteiger partial charge on any atom is -0.465 e. The van der Waals surface area contributed by atoms with E-state index in [0.29, 0.717) is 18.6 Å². The minimum absolute atomic E-state index is 0.0259. The van der Waals surface area contributed by atoms with Crippen molar-refractivity contribution in [2.24, 2.45) is 11.7 Å². The van der Waals surface area contributed by atoms with Crippen molar-refractivity contribution in [3.8, 4) is 0 Å². The number of esters is 1. The number of fused-ring (bicyclic) bond motifs is 2. The summed E-state index contributed by atoms with van der Waals surface area (Å²) in [5.41, 5.74) is 10.5. The molecule has 2 unspecified atom stereocenters. The van der Waals surface area contributed by atoms with E-state index in [-0.39, 0.29) is 24.4 Å². The standard InChI is InChI=1S/C24H34N4O3/c1-5-31-21(29)13-28(14(2)3)24(30)23(25)16-9-18-17-7-6-8-19-22(17)15(11-26-19)10-20(18)27(4)12-16/h6-8,11,14,16,18,20,23,26H,5,9-10,12-13,25H2,1-4H3/t16?,18-,20-,23?/m1/s1. The van der Waals surface area contributed by atoms with Crippen molar-refractivity contribution >= 4 is 22.8 Å². The maximum atomic E-state index is 13.3. The highest BCUT2D eigenvalue weighted by molar-refractivity contribution is 5.89. The van der Waals surface area contributed by atoms with Crippen LogP contribution in [0.4, 0.5) is 0 Å². The van der Waals surface area contributed by atoms with Crippen LogP contribution in [-0.2, 0) is 20.7 Å². The van der Waals surface area contributed by atoms with Crippen LogP contribution in [0.5, 0.6) is 0 Å². The normalized spacial score (nSPS) is 24.1. The second-order valence-corrected chi connectivity index (χ2v) is 9.29. The molecule has 31 heavy (non-hydrogen) atoms. The highest BCUT2D eigenvalue weighted by Gasteiger charge is 2.43. The van der Waals surface area contributed by atoms with E-state index < -0.39 is 12.0 Å². The van der Waals surface area contributed by atoms with Crippen LogP contribution in [-0.4, -0.2) is 71.5 Å². The van der Waals surface area contributed by atoms with Gasteiger partial charge < -0.3 is 25.3 Å². The number of aromatic nitrogens is 1. The molecular formula is C24H34N4O3. The van der Waals surface area contributed by atoms with E-state index in [4.69, 9.17) is 10.5 Å². The number of nitrogens with zero attached hydrogens (tertiary/aromatic N) is 2. The number of piperidine rings is 1. The molecule has 1 aromatic heterocycles. The Kier molecular flexibility index (Phi) is 6.08. The van der Waals surface area contributed by atoms with E-state index in [9.17, 15) is 9.59 Å². The first-order chi connectivity index (χ1) is 14.8. The van der Waals surface area contributed by atoms with E-state index in [2.05, 4.69) is 41.3 Å². The molecule has 0 bridgehead atoms. The molecule has 4 atom stereocenters. The third-order valence-electron chi connectivity index (χ3n) is 7.06. The van der Waals surface area contributed by atoms with Crippen molar-refractivity contribution in [2.75, 3.05) is 26.7 Å². The lowest BCUT2D eigenvalue weighted by molar-refractivity contribution is -0.151. The van der Waals surface area contributed by atoms with Crippen molar-refractivity contribution < 1.29 is 14.3 Å². The number of ether oxygens (including phenoxy) is 1. The predicted molar refractivity (Wildman–Crippen MR) is 121 cm³/mol. The zero-order valence-electron chi connectivity index (χ0n) is 18.9. The fourth-order valence-electron chi connectivity index (χ4n) is 5.50. The molecule has 168 valence electrons. The number of nitrogens with one attached hydrogen (secondary N) is 1. The number of H-pyrrole nitrogens is 1. The van der Waals surface area contributed by atoms with Gasteiger partial charge in [0.15, 0.2) is 0 Å². The quantitative estimate of drug-likeness (QED) is 0.692. The van der Waals surface area contributed by atoms with Gasteiger partial charge in [0.1, 0.15) is 6.54 Å². The molecule has 0 radical (unpaired) electrons. The van der Waals surface area contributed by atoms with Crippen LogP contribution in [0.3, 0.4) is 0 Å². The van der Waals surface area contributed by atoms with Gasteiger partial charge in [-0.2, -0.15) is 0 Å². The average Bonchev–Trinajstić information content (AvgIpc) is 3.16. The number of carbonyl (C=O) groups excluding carboxylic acids is 2. The number of hydrogen-bond acceptors (Lipinski definition) is 5. The second-order valence-electron chi connectivity index (χ2n) is 9.29. The van der Waals surface area contributed by atoms with Gasteiger partial charge in [0.2, 0.25) is 5.91 Å². The van der Waals surface area contributed by atoms with Crippen molar-refractivity contribution in [2.45, 2.75) is 57.7 Å². The summed E-state index contributed by atoms with van der Waals surface area (Å²) in [6.07, 6.45) is 4.02. The SMILES string of the molecule is CCOC(=O)CN(C(=O)C(N)C1C[C@@H]2c3cccc4[nH]cc(c34)C[C@H]2N(C)C1)C(C)C. The summed E-state index contributed by atoms with van der Waals surface area (Å²) in [6.45, 7) is 6.59. The number of rotatable bonds is 6. The van der Waals surface area contributed by atoms with E-state index in [0.717, 1.165) is 19.4 Å².